The summed E-state index contributed by atoms with van der Waals surface area (Å²) < 4.78 is 10.9. The van der Waals surface area contributed by atoms with Gasteiger partial charge in [0.1, 0.15) is 20.9 Å². The van der Waals surface area contributed by atoms with Crippen molar-refractivity contribution in [3.63, 3.8) is 0 Å². The van der Waals surface area contributed by atoms with Crippen LogP contribution >= 0.6 is 32.9 Å². The predicted molar refractivity (Wildman–Crippen MR) is 103 cm³/mol. The van der Waals surface area contributed by atoms with Crippen LogP contribution in [-0.4, -0.2) is 17.2 Å². The molecule has 3 aromatic rings. The maximum Gasteiger partial charge on any atom is 0.519 e. The van der Waals surface area contributed by atoms with Gasteiger partial charge in [0.25, 0.3) is 0 Å². The fourth-order valence-electron chi connectivity index (χ4n) is 2.07. The number of hydrogen-bond donors (Lipinski definition) is 2. The molecule has 0 bridgehead atoms. The number of aromatic carboxylic acids is 1. The molecule has 0 aliphatic heterocycles. The van der Waals surface area contributed by atoms with Crippen LogP contribution in [0.2, 0.25) is 0 Å². The topological polar surface area (TPSA) is 98.9 Å². The number of carboxylic acid groups (broad SMARTS) is 1. The molecule has 0 saturated heterocycles. The van der Waals surface area contributed by atoms with E-state index in [1.807, 2.05) is 6.07 Å². The normalized spacial score (nSPS) is 10.3. The Bertz CT molecular complexity index is 1020. The van der Waals surface area contributed by atoms with Gasteiger partial charge in [0.15, 0.2) is 0 Å². The van der Waals surface area contributed by atoms with Crippen molar-refractivity contribution >= 4 is 50.7 Å². The third kappa shape index (κ3) is 4.26. The highest BCUT2D eigenvalue weighted by Gasteiger charge is 2.16. The van der Waals surface area contributed by atoms with Crippen LogP contribution in [0.3, 0.4) is 0 Å². The van der Waals surface area contributed by atoms with E-state index in [1.165, 1.54) is 28.5 Å². The summed E-state index contributed by atoms with van der Waals surface area (Å²) in [5, 5.41) is 9.14. The summed E-state index contributed by atoms with van der Waals surface area (Å²) >= 11 is 5.11. The molecule has 0 aliphatic carbocycles. The van der Waals surface area contributed by atoms with Crippen LogP contribution in [0.25, 0.3) is 10.4 Å². The highest BCUT2D eigenvalue weighted by molar-refractivity contribution is 7.80. The van der Waals surface area contributed by atoms with Crippen LogP contribution < -0.4 is 15.2 Å². The maximum atomic E-state index is 11.9. The SMILES string of the molecule is Nc1ccc(OC(=O)Oc2ccc(-c3cc(=S)ss3)cc2)c(C(=O)O)c1. The van der Waals surface area contributed by atoms with Crippen molar-refractivity contribution in [2.24, 2.45) is 0 Å². The summed E-state index contributed by atoms with van der Waals surface area (Å²) in [5.74, 6) is -1.14. The number of benzene rings is 2. The van der Waals surface area contributed by atoms with E-state index in [9.17, 15) is 9.59 Å². The highest BCUT2D eigenvalue weighted by Crippen LogP contribution is 2.30. The van der Waals surface area contributed by atoms with E-state index in [0.29, 0.717) is 0 Å². The van der Waals surface area contributed by atoms with Gasteiger partial charge in [0.05, 0.1) is 0 Å². The van der Waals surface area contributed by atoms with Gasteiger partial charge in [-0.05, 0) is 54.1 Å². The van der Waals surface area contributed by atoms with Crippen molar-refractivity contribution < 1.29 is 24.2 Å². The molecule has 0 radical (unpaired) electrons. The van der Waals surface area contributed by atoms with Gasteiger partial charge in [-0.1, -0.05) is 32.9 Å². The molecule has 0 amide bonds. The average molecular weight is 405 g/mol. The molecule has 9 heteroatoms. The van der Waals surface area contributed by atoms with E-state index in [2.05, 4.69) is 0 Å². The lowest BCUT2D eigenvalue weighted by Crippen LogP contribution is -2.15. The summed E-state index contributed by atoms with van der Waals surface area (Å²) in [6.45, 7) is 0. The van der Waals surface area contributed by atoms with E-state index < -0.39 is 12.1 Å². The maximum absolute atomic E-state index is 11.9. The van der Waals surface area contributed by atoms with Crippen LogP contribution in [0.1, 0.15) is 10.4 Å². The molecule has 0 fully saturated rings. The van der Waals surface area contributed by atoms with Crippen molar-refractivity contribution in [3.05, 3.63) is 57.9 Å². The van der Waals surface area contributed by atoms with Crippen molar-refractivity contribution in [1.82, 2.24) is 0 Å². The number of rotatable bonds is 4. The largest absolute Gasteiger partial charge is 0.519 e. The molecule has 6 nitrogen and oxygen atoms in total. The first kappa shape index (κ1) is 18.1. The van der Waals surface area contributed by atoms with E-state index in [-0.39, 0.29) is 22.7 Å². The molecule has 0 saturated carbocycles. The smallest absolute Gasteiger partial charge is 0.478 e. The fraction of sp³-hybridized carbons (Fsp3) is 0. The number of nitrogens with two attached hydrogens (primary N) is 1. The number of carbonyl (C=O) groups is 2. The summed E-state index contributed by atoms with van der Waals surface area (Å²) in [4.78, 5) is 24.1. The van der Waals surface area contributed by atoms with Gasteiger partial charge in [-0.15, -0.1) is 0 Å². The van der Waals surface area contributed by atoms with Gasteiger partial charge in [-0.2, -0.15) is 0 Å². The number of anilines is 1. The molecule has 3 N–H and O–H groups in total. The van der Waals surface area contributed by atoms with Crippen molar-refractivity contribution in [1.29, 1.82) is 0 Å². The zero-order valence-electron chi connectivity index (χ0n) is 13.0. The minimum absolute atomic E-state index is 0.147. The van der Waals surface area contributed by atoms with E-state index in [1.54, 1.807) is 34.6 Å². The average Bonchev–Trinajstić information content (AvgIpc) is 3.03. The Morgan fingerprint density at radius 1 is 1.00 bits per heavy atom. The molecule has 1 aromatic heterocycles. The number of hydrogen-bond acceptors (Lipinski definition) is 8. The molecule has 0 aliphatic rings. The first-order chi connectivity index (χ1) is 12.4. The molecule has 2 aromatic carbocycles. The molecule has 26 heavy (non-hydrogen) atoms. The minimum Gasteiger partial charge on any atom is -0.478 e. The van der Waals surface area contributed by atoms with Gasteiger partial charge >= 0.3 is 12.1 Å². The van der Waals surface area contributed by atoms with Crippen LogP contribution in [0.4, 0.5) is 10.5 Å². The highest BCUT2D eigenvalue weighted by atomic mass is 32.9. The lowest BCUT2D eigenvalue weighted by atomic mass is 10.2. The van der Waals surface area contributed by atoms with Crippen LogP contribution in [-0.2, 0) is 0 Å². The van der Waals surface area contributed by atoms with Gasteiger partial charge in [-0.3, -0.25) is 0 Å². The number of nitrogen functional groups attached to an aromatic ring is 1. The summed E-state index contributed by atoms with van der Waals surface area (Å²) in [6, 6.07) is 12.7. The van der Waals surface area contributed by atoms with Crippen LogP contribution in [0.5, 0.6) is 11.5 Å². The second-order valence-electron chi connectivity index (χ2n) is 5.03. The summed E-state index contributed by atoms with van der Waals surface area (Å²) in [7, 11) is 3.08. The van der Waals surface area contributed by atoms with E-state index in [4.69, 9.17) is 32.5 Å². The Morgan fingerprint density at radius 3 is 2.35 bits per heavy atom. The molecule has 132 valence electrons. The van der Waals surface area contributed by atoms with Crippen molar-refractivity contribution in [3.8, 4) is 21.9 Å². The summed E-state index contributed by atoms with van der Waals surface area (Å²) in [5.41, 5.74) is 6.52. The van der Waals surface area contributed by atoms with E-state index in [0.717, 1.165) is 14.3 Å². The van der Waals surface area contributed by atoms with Gasteiger partial charge in [0, 0.05) is 10.6 Å². The first-order valence-electron chi connectivity index (χ1n) is 7.15. The zero-order valence-corrected chi connectivity index (χ0v) is 15.5. The molecular weight excluding hydrogens is 394 g/mol. The third-order valence-corrected chi connectivity index (χ3v) is 6.14. The second kappa shape index (κ2) is 7.65. The fourth-order valence-corrected chi connectivity index (χ4v) is 4.47. The Morgan fingerprint density at radius 2 is 1.73 bits per heavy atom. The predicted octanol–water partition coefficient (Wildman–Crippen LogP) is 5.06. The quantitative estimate of drug-likeness (QED) is 0.206. The second-order valence-corrected chi connectivity index (χ2v) is 7.94. The van der Waals surface area contributed by atoms with Crippen molar-refractivity contribution in [2.75, 3.05) is 5.73 Å². The molecular formula is C17H11NO5S3. The monoisotopic (exact) mass is 405 g/mol. The van der Waals surface area contributed by atoms with Crippen LogP contribution in [0, 0.1) is 3.82 Å². The molecule has 1 heterocycles. The third-order valence-electron chi connectivity index (χ3n) is 3.23. The Kier molecular flexibility index (Phi) is 5.31. The standard InChI is InChI=1S/C17H11NO5S3/c18-10-3-6-13(12(7-10)16(19)20)23-17(21)22-11-4-1-9(2-5-11)14-8-15(24)26-25-14/h1-8H,18H2,(H,19,20). The van der Waals surface area contributed by atoms with Gasteiger partial charge < -0.3 is 20.3 Å². The lowest BCUT2D eigenvalue weighted by molar-refractivity contribution is 0.0693. The first-order valence-corrected chi connectivity index (χ1v) is 9.71. The minimum atomic E-state index is -1.26. The Hall–Kier alpha value is -2.75. The lowest BCUT2D eigenvalue weighted by Gasteiger charge is -2.09. The van der Waals surface area contributed by atoms with Gasteiger partial charge in [0.2, 0.25) is 0 Å². The Balaban J connectivity index is 1.71. The molecule has 0 spiro atoms. The Labute approximate surface area is 160 Å². The zero-order chi connectivity index (χ0) is 18.7. The number of carbonyl (C=O) groups excluding carboxylic acids is 1. The van der Waals surface area contributed by atoms with Crippen LogP contribution in [0.15, 0.2) is 48.5 Å². The van der Waals surface area contributed by atoms with Gasteiger partial charge in [-0.25, -0.2) is 9.59 Å². The summed E-state index contributed by atoms with van der Waals surface area (Å²) in [6.07, 6.45) is -1.05. The number of ether oxygens (including phenoxy) is 2. The molecule has 3 rings (SSSR count). The molecule has 0 unspecified atom stereocenters. The number of carboxylic acids is 1. The molecule has 0 atom stereocenters. The van der Waals surface area contributed by atoms with E-state index >= 15 is 0 Å². The van der Waals surface area contributed by atoms with Crippen molar-refractivity contribution in [2.45, 2.75) is 0 Å².